The normalized spacial score (nSPS) is 13.0. The molecule has 0 fully saturated rings. The molecule has 21 heavy (non-hydrogen) atoms. The molecule has 1 aliphatic rings. The summed E-state index contributed by atoms with van der Waals surface area (Å²) >= 11 is 6.21. The fourth-order valence-electron chi connectivity index (χ4n) is 2.20. The molecule has 0 aliphatic carbocycles. The van der Waals surface area contributed by atoms with Crippen LogP contribution in [0.3, 0.4) is 0 Å². The van der Waals surface area contributed by atoms with Gasteiger partial charge in [-0.3, -0.25) is 0 Å². The fourth-order valence-corrected chi connectivity index (χ4v) is 2.49. The second kappa shape index (κ2) is 6.24. The molecule has 2 N–H and O–H groups in total. The van der Waals surface area contributed by atoms with Gasteiger partial charge in [-0.25, -0.2) is 0 Å². The van der Waals surface area contributed by atoms with Gasteiger partial charge in [-0.05, 0) is 35.4 Å². The Morgan fingerprint density at radius 2 is 1.81 bits per heavy atom. The number of fused-ring (bicyclic) bond motifs is 1. The van der Waals surface area contributed by atoms with E-state index in [1.54, 1.807) is 0 Å². The van der Waals surface area contributed by atoms with Gasteiger partial charge in [0.15, 0.2) is 11.5 Å². The zero-order chi connectivity index (χ0) is 14.7. The zero-order valence-corrected chi connectivity index (χ0v) is 12.2. The molecular weight excluding hydrogens is 290 g/mol. The zero-order valence-electron chi connectivity index (χ0n) is 11.4. The van der Waals surface area contributed by atoms with Gasteiger partial charge in [0.2, 0.25) is 0 Å². The summed E-state index contributed by atoms with van der Waals surface area (Å²) in [6.07, 6.45) is 0. The van der Waals surface area contributed by atoms with E-state index in [-0.39, 0.29) is 6.61 Å². The summed E-state index contributed by atoms with van der Waals surface area (Å²) in [4.78, 5) is 0. The molecule has 0 atom stereocenters. The summed E-state index contributed by atoms with van der Waals surface area (Å²) < 4.78 is 11.1. The number of aliphatic hydroxyl groups is 1. The highest BCUT2D eigenvalue weighted by Crippen LogP contribution is 2.38. The van der Waals surface area contributed by atoms with Gasteiger partial charge in [0.1, 0.15) is 13.2 Å². The lowest BCUT2D eigenvalue weighted by Gasteiger charge is -2.20. The first-order chi connectivity index (χ1) is 10.3. The predicted molar refractivity (Wildman–Crippen MR) is 82.1 cm³/mol. The molecule has 0 spiro atoms. The predicted octanol–water partition coefficient (Wildman–Crippen LogP) is 3.22. The van der Waals surface area contributed by atoms with Crippen molar-refractivity contribution in [2.75, 3.05) is 18.5 Å². The van der Waals surface area contributed by atoms with Gasteiger partial charge in [0.05, 0.1) is 11.6 Å². The molecule has 5 heteroatoms. The van der Waals surface area contributed by atoms with Crippen LogP contribution in [-0.2, 0) is 13.2 Å². The Morgan fingerprint density at radius 3 is 2.57 bits per heavy atom. The van der Waals surface area contributed by atoms with Crippen LogP contribution in [0.5, 0.6) is 11.5 Å². The first-order valence-corrected chi connectivity index (χ1v) is 7.16. The summed E-state index contributed by atoms with van der Waals surface area (Å²) in [7, 11) is 0. The minimum Gasteiger partial charge on any atom is -0.486 e. The van der Waals surface area contributed by atoms with Crippen molar-refractivity contribution in [3.05, 3.63) is 52.5 Å². The fraction of sp³-hybridized carbons (Fsp3) is 0.250. The molecule has 4 nitrogen and oxygen atoms in total. The molecule has 110 valence electrons. The highest BCUT2D eigenvalue weighted by Gasteiger charge is 2.16. The van der Waals surface area contributed by atoms with Crippen LogP contribution in [0.25, 0.3) is 0 Å². The third-order valence-electron chi connectivity index (χ3n) is 3.29. The van der Waals surface area contributed by atoms with E-state index in [4.69, 9.17) is 26.2 Å². The number of hydrogen-bond donors (Lipinski definition) is 2. The summed E-state index contributed by atoms with van der Waals surface area (Å²) in [6.45, 7) is 1.76. The van der Waals surface area contributed by atoms with Gasteiger partial charge in [0.25, 0.3) is 0 Å². The van der Waals surface area contributed by atoms with Crippen molar-refractivity contribution in [1.82, 2.24) is 0 Å². The second-order valence-electron chi connectivity index (χ2n) is 4.81. The number of halogens is 1. The number of nitrogens with one attached hydrogen (secondary N) is 1. The van der Waals surface area contributed by atoms with Crippen molar-refractivity contribution in [1.29, 1.82) is 0 Å². The first-order valence-electron chi connectivity index (χ1n) is 6.78. The minimum absolute atomic E-state index is 0.0536. The number of benzene rings is 2. The highest BCUT2D eigenvalue weighted by molar-refractivity contribution is 6.32. The Hall–Kier alpha value is -1.91. The lowest BCUT2D eigenvalue weighted by molar-refractivity contribution is 0.171. The van der Waals surface area contributed by atoms with E-state index < -0.39 is 0 Å². The van der Waals surface area contributed by atoms with Crippen LogP contribution in [0.1, 0.15) is 11.1 Å². The first kappa shape index (κ1) is 14.0. The van der Waals surface area contributed by atoms with Gasteiger partial charge in [-0.1, -0.05) is 23.7 Å². The van der Waals surface area contributed by atoms with E-state index in [1.807, 2.05) is 36.4 Å². The van der Waals surface area contributed by atoms with Crippen molar-refractivity contribution in [3.63, 3.8) is 0 Å². The van der Waals surface area contributed by atoms with Crippen molar-refractivity contribution >= 4 is 17.3 Å². The van der Waals surface area contributed by atoms with E-state index in [1.165, 1.54) is 0 Å². The Kier molecular flexibility index (Phi) is 4.18. The van der Waals surface area contributed by atoms with Crippen LogP contribution in [0.4, 0.5) is 5.69 Å². The van der Waals surface area contributed by atoms with Crippen molar-refractivity contribution in [2.24, 2.45) is 0 Å². The SMILES string of the molecule is OCc1ccc(NCc2cc(Cl)c3c(c2)OCCO3)cc1. The minimum atomic E-state index is 0.0536. The molecular formula is C16H16ClNO3. The van der Waals surface area contributed by atoms with Crippen molar-refractivity contribution in [2.45, 2.75) is 13.2 Å². The average Bonchev–Trinajstić information content (AvgIpc) is 2.53. The van der Waals surface area contributed by atoms with Gasteiger partial charge < -0.3 is 19.9 Å². The molecule has 2 aromatic rings. The Bertz CT molecular complexity index is 628. The molecule has 0 bridgehead atoms. The number of hydrogen-bond acceptors (Lipinski definition) is 4. The van der Waals surface area contributed by atoms with Crippen LogP contribution in [0.2, 0.25) is 5.02 Å². The molecule has 0 radical (unpaired) electrons. The largest absolute Gasteiger partial charge is 0.486 e. The summed E-state index contributed by atoms with van der Waals surface area (Å²) in [5.41, 5.74) is 2.90. The van der Waals surface area contributed by atoms with Gasteiger partial charge in [-0.2, -0.15) is 0 Å². The third kappa shape index (κ3) is 3.23. The van der Waals surface area contributed by atoms with Crippen molar-refractivity contribution in [3.8, 4) is 11.5 Å². The standard InChI is InChI=1S/C16H16ClNO3/c17-14-7-12(8-15-16(14)21-6-5-20-15)9-18-13-3-1-11(10-19)2-4-13/h1-4,7-8,18-19H,5-6,9-10H2. The quantitative estimate of drug-likeness (QED) is 0.910. The number of ether oxygens (including phenoxy) is 2. The molecule has 0 unspecified atom stereocenters. The molecule has 0 amide bonds. The molecule has 0 aromatic heterocycles. The second-order valence-corrected chi connectivity index (χ2v) is 5.22. The maximum atomic E-state index is 9.02. The van der Waals surface area contributed by atoms with E-state index in [2.05, 4.69) is 5.32 Å². The lowest BCUT2D eigenvalue weighted by Crippen LogP contribution is -2.16. The third-order valence-corrected chi connectivity index (χ3v) is 3.57. The summed E-state index contributed by atoms with van der Waals surface area (Å²) in [5.74, 6) is 1.32. The highest BCUT2D eigenvalue weighted by atomic mass is 35.5. The van der Waals surface area contributed by atoms with Crippen LogP contribution < -0.4 is 14.8 Å². The Morgan fingerprint density at radius 1 is 1.05 bits per heavy atom. The van der Waals surface area contributed by atoms with Crippen molar-refractivity contribution < 1.29 is 14.6 Å². The number of aliphatic hydroxyl groups excluding tert-OH is 1. The van der Waals surface area contributed by atoms with Gasteiger partial charge in [-0.15, -0.1) is 0 Å². The molecule has 1 aliphatic heterocycles. The molecule has 0 saturated heterocycles. The number of rotatable bonds is 4. The van der Waals surface area contributed by atoms with E-state index in [9.17, 15) is 0 Å². The maximum absolute atomic E-state index is 9.02. The molecule has 3 rings (SSSR count). The topological polar surface area (TPSA) is 50.7 Å². The van der Waals surface area contributed by atoms with Crippen LogP contribution in [0.15, 0.2) is 36.4 Å². The van der Waals surface area contributed by atoms with Crippen LogP contribution in [-0.4, -0.2) is 18.3 Å². The lowest BCUT2D eigenvalue weighted by atomic mass is 10.1. The summed E-state index contributed by atoms with van der Waals surface area (Å²) in [6, 6.07) is 11.5. The van der Waals surface area contributed by atoms with Gasteiger partial charge >= 0.3 is 0 Å². The van der Waals surface area contributed by atoms with Crippen LogP contribution >= 0.6 is 11.6 Å². The Labute approximate surface area is 128 Å². The molecule has 1 heterocycles. The average molecular weight is 306 g/mol. The van der Waals surface area contributed by atoms with E-state index in [0.29, 0.717) is 36.3 Å². The van der Waals surface area contributed by atoms with Crippen LogP contribution in [0, 0.1) is 0 Å². The molecule has 0 saturated carbocycles. The Balaban J connectivity index is 1.71. The number of anilines is 1. The summed E-state index contributed by atoms with van der Waals surface area (Å²) in [5, 5.41) is 12.9. The van der Waals surface area contributed by atoms with Gasteiger partial charge in [0, 0.05) is 12.2 Å². The van der Waals surface area contributed by atoms with E-state index >= 15 is 0 Å². The smallest absolute Gasteiger partial charge is 0.179 e. The molecule has 2 aromatic carbocycles. The monoisotopic (exact) mass is 305 g/mol. The maximum Gasteiger partial charge on any atom is 0.179 e. The van der Waals surface area contributed by atoms with E-state index in [0.717, 1.165) is 16.8 Å².